The predicted molar refractivity (Wildman–Crippen MR) is 105 cm³/mol. The number of anilines is 2. The number of hydrogen-bond donors (Lipinski definition) is 2. The number of carbonyl (C=O) groups is 2. The summed E-state index contributed by atoms with van der Waals surface area (Å²) in [7, 11) is 0. The Kier molecular flexibility index (Phi) is 4.41. The third kappa shape index (κ3) is 3.19. The Hall–Kier alpha value is -3.12. The molecule has 4 rings (SSSR count). The zero-order valence-electron chi connectivity index (χ0n) is 14.6. The molecule has 0 saturated heterocycles. The van der Waals surface area contributed by atoms with Gasteiger partial charge in [-0.25, -0.2) is 4.68 Å². The van der Waals surface area contributed by atoms with Crippen LogP contribution >= 0.6 is 11.6 Å². The average Bonchev–Trinajstić information content (AvgIpc) is 3.12. The van der Waals surface area contributed by atoms with Crippen molar-refractivity contribution in [3.8, 4) is 11.1 Å². The summed E-state index contributed by atoms with van der Waals surface area (Å²) in [5.41, 5.74) is 3.16. The van der Waals surface area contributed by atoms with Crippen molar-refractivity contribution in [3.05, 3.63) is 65.3 Å². The summed E-state index contributed by atoms with van der Waals surface area (Å²) in [5, 5.41) is 10.6. The van der Waals surface area contributed by atoms with E-state index in [4.69, 9.17) is 11.6 Å². The number of halogens is 1. The number of para-hydroxylation sites is 1. The third-order valence-corrected chi connectivity index (χ3v) is 4.84. The third-order valence-electron chi connectivity index (χ3n) is 4.51. The van der Waals surface area contributed by atoms with Gasteiger partial charge in [0.1, 0.15) is 11.9 Å². The number of aromatic nitrogens is 2. The van der Waals surface area contributed by atoms with Gasteiger partial charge in [-0.2, -0.15) is 5.10 Å². The van der Waals surface area contributed by atoms with Crippen LogP contribution in [0.25, 0.3) is 11.1 Å². The lowest BCUT2D eigenvalue weighted by Gasteiger charge is -2.11. The molecule has 2 aromatic carbocycles. The summed E-state index contributed by atoms with van der Waals surface area (Å²) in [5.74, 6) is 0.0775. The van der Waals surface area contributed by atoms with Gasteiger partial charge in [-0.3, -0.25) is 9.59 Å². The molecule has 0 saturated carbocycles. The van der Waals surface area contributed by atoms with Crippen molar-refractivity contribution in [2.75, 3.05) is 10.6 Å². The first-order chi connectivity index (χ1) is 13.0. The Morgan fingerprint density at radius 1 is 1.19 bits per heavy atom. The smallest absolute Gasteiger partial charge is 0.251 e. The van der Waals surface area contributed by atoms with E-state index in [0.29, 0.717) is 16.5 Å². The largest absolute Gasteiger partial charge is 0.325 e. The molecule has 7 heteroatoms. The summed E-state index contributed by atoms with van der Waals surface area (Å²) >= 11 is 6.08. The molecule has 2 amide bonds. The first-order valence-corrected chi connectivity index (χ1v) is 8.92. The number of fused-ring (bicyclic) bond motifs is 1. The minimum atomic E-state index is -0.696. The normalized spacial score (nSPS) is 15.3. The van der Waals surface area contributed by atoms with Gasteiger partial charge in [-0.05, 0) is 24.6 Å². The van der Waals surface area contributed by atoms with Crippen LogP contribution in [0.4, 0.5) is 11.5 Å². The summed E-state index contributed by atoms with van der Waals surface area (Å²) < 4.78 is 1.60. The number of carbonyl (C=O) groups excluding carboxylic acids is 2. The maximum absolute atomic E-state index is 12.5. The quantitative estimate of drug-likeness (QED) is 0.717. The fourth-order valence-electron chi connectivity index (χ4n) is 3.27. The lowest BCUT2D eigenvalue weighted by molar-refractivity contribution is -0.123. The highest BCUT2D eigenvalue weighted by Crippen LogP contribution is 2.38. The van der Waals surface area contributed by atoms with Crippen LogP contribution in [0, 0.1) is 6.92 Å². The molecular weight excluding hydrogens is 364 g/mol. The number of nitrogens with one attached hydrogen (secondary N) is 2. The van der Waals surface area contributed by atoms with Crippen molar-refractivity contribution >= 4 is 34.9 Å². The van der Waals surface area contributed by atoms with Crippen molar-refractivity contribution in [2.24, 2.45) is 0 Å². The van der Waals surface area contributed by atoms with Crippen LogP contribution in [-0.2, 0) is 9.59 Å². The molecule has 0 spiro atoms. The van der Waals surface area contributed by atoms with E-state index >= 15 is 0 Å². The molecular formula is C20H17ClN4O2. The molecule has 0 aliphatic carbocycles. The van der Waals surface area contributed by atoms with E-state index in [-0.39, 0.29) is 18.2 Å². The first-order valence-electron chi connectivity index (χ1n) is 8.54. The molecule has 1 atom stereocenters. The molecule has 0 fully saturated rings. The molecule has 27 heavy (non-hydrogen) atoms. The van der Waals surface area contributed by atoms with Gasteiger partial charge in [-0.15, -0.1) is 0 Å². The second-order valence-corrected chi connectivity index (χ2v) is 6.76. The van der Waals surface area contributed by atoms with Crippen LogP contribution in [0.1, 0.15) is 18.2 Å². The van der Waals surface area contributed by atoms with E-state index in [9.17, 15) is 9.59 Å². The molecule has 3 aromatic rings. The van der Waals surface area contributed by atoms with Crippen LogP contribution in [-0.4, -0.2) is 21.6 Å². The molecule has 136 valence electrons. The monoisotopic (exact) mass is 380 g/mol. The highest BCUT2D eigenvalue weighted by Gasteiger charge is 2.36. The van der Waals surface area contributed by atoms with Gasteiger partial charge in [0.2, 0.25) is 5.91 Å². The number of amides is 2. The van der Waals surface area contributed by atoms with E-state index in [1.807, 2.05) is 37.3 Å². The fourth-order valence-corrected chi connectivity index (χ4v) is 3.46. The standard InChI is InChI=1S/C20H17ClN4O2/c1-12-18(13-7-3-2-4-8-13)19-23-20(27)16(25(19)24-12)11-17(26)22-15-10-6-5-9-14(15)21/h2-10,16H,11H2,1H3,(H,22,26)(H,23,27). The van der Waals surface area contributed by atoms with E-state index in [0.717, 1.165) is 16.8 Å². The van der Waals surface area contributed by atoms with Gasteiger partial charge in [-0.1, -0.05) is 54.1 Å². The van der Waals surface area contributed by atoms with E-state index in [1.54, 1.807) is 28.9 Å². The zero-order valence-corrected chi connectivity index (χ0v) is 15.3. The van der Waals surface area contributed by atoms with Gasteiger partial charge in [0.15, 0.2) is 0 Å². The molecule has 2 N–H and O–H groups in total. The second-order valence-electron chi connectivity index (χ2n) is 6.36. The minimum absolute atomic E-state index is 0.0284. The molecule has 1 aliphatic rings. The molecule has 0 bridgehead atoms. The molecule has 0 radical (unpaired) electrons. The number of rotatable bonds is 4. The van der Waals surface area contributed by atoms with Gasteiger partial charge < -0.3 is 10.6 Å². The van der Waals surface area contributed by atoms with Crippen LogP contribution in [0.5, 0.6) is 0 Å². The van der Waals surface area contributed by atoms with E-state index in [1.165, 1.54) is 0 Å². The Balaban J connectivity index is 1.59. The van der Waals surface area contributed by atoms with Crippen LogP contribution in [0.2, 0.25) is 5.02 Å². The number of nitrogens with zero attached hydrogens (tertiary/aromatic N) is 2. The first kappa shape index (κ1) is 17.3. The van der Waals surface area contributed by atoms with Gasteiger partial charge in [0.05, 0.1) is 22.8 Å². The number of hydrogen-bond acceptors (Lipinski definition) is 3. The molecule has 2 heterocycles. The zero-order chi connectivity index (χ0) is 19.0. The summed E-state index contributed by atoms with van der Waals surface area (Å²) in [6, 6.07) is 16.0. The van der Waals surface area contributed by atoms with Crippen molar-refractivity contribution in [2.45, 2.75) is 19.4 Å². The van der Waals surface area contributed by atoms with E-state index in [2.05, 4.69) is 15.7 Å². The Bertz CT molecular complexity index is 1030. The van der Waals surface area contributed by atoms with Crippen molar-refractivity contribution in [3.63, 3.8) is 0 Å². The summed E-state index contributed by atoms with van der Waals surface area (Å²) in [6.45, 7) is 1.89. The summed E-state index contributed by atoms with van der Waals surface area (Å²) in [6.07, 6.45) is -0.0284. The highest BCUT2D eigenvalue weighted by atomic mass is 35.5. The highest BCUT2D eigenvalue weighted by molar-refractivity contribution is 6.33. The lowest BCUT2D eigenvalue weighted by atomic mass is 10.1. The van der Waals surface area contributed by atoms with Gasteiger partial charge >= 0.3 is 0 Å². The Labute approximate surface area is 161 Å². The molecule has 1 aliphatic heterocycles. The summed E-state index contributed by atoms with van der Waals surface area (Å²) in [4.78, 5) is 24.9. The maximum Gasteiger partial charge on any atom is 0.251 e. The van der Waals surface area contributed by atoms with Gasteiger partial charge in [0.25, 0.3) is 5.91 Å². The Morgan fingerprint density at radius 3 is 2.63 bits per heavy atom. The van der Waals surface area contributed by atoms with Crippen LogP contribution in [0.15, 0.2) is 54.6 Å². The second kappa shape index (κ2) is 6.89. The van der Waals surface area contributed by atoms with Gasteiger partial charge in [0, 0.05) is 5.56 Å². The van der Waals surface area contributed by atoms with Crippen LogP contribution in [0.3, 0.4) is 0 Å². The SMILES string of the molecule is Cc1nn2c(c1-c1ccccc1)NC(=O)C2CC(=O)Nc1ccccc1Cl. The molecule has 6 nitrogen and oxygen atoms in total. The van der Waals surface area contributed by atoms with Crippen molar-refractivity contribution < 1.29 is 9.59 Å². The Morgan fingerprint density at radius 2 is 1.89 bits per heavy atom. The number of benzene rings is 2. The van der Waals surface area contributed by atoms with E-state index < -0.39 is 6.04 Å². The molecule has 1 aromatic heterocycles. The minimum Gasteiger partial charge on any atom is -0.325 e. The lowest BCUT2D eigenvalue weighted by Crippen LogP contribution is -2.23. The predicted octanol–water partition coefficient (Wildman–Crippen LogP) is 4.03. The maximum atomic E-state index is 12.5. The topological polar surface area (TPSA) is 76.0 Å². The number of aryl methyl sites for hydroxylation is 1. The van der Waals surface area contributed by atoms with Crippen molar-refractivity contribution in [1.82, 2.24) is 9.78 Å². The van der Waals surface area contributed by atoms with Crippen molar-refractivity contribution in [1.29, 1.82) is 0 Å². The fraction of sp³-hybridized carbons (Fsp3) is 0.150. The molecule has 1 unspecified atom stereocenters. The average molecular weight is 381 g/mol. The van der Waals surface area contributed by atoms with Crippen LogP contribution < -0.4 is 10.6 Å².